The van der Waals surface area contributed by atoms with Gasteiger partial charge in [-0.3, -0.25) is 20.2 Å². The van der Waals surface area contributed by atoms with E-state index < -0.39 is 4.92 Å². The van der Waals surface area contributed by atoms with Crippen molar-refractivity contribution in [2.24, 2.45) is 0 Å². The fourth-order valence-corrected chi connectivity index (χ4v) is 3.19. The van der Waals surface area contributed by atoms with E-state index >= 15 is 0 Å². The van der Waals surface area contributed by atoms with E-state index in [-0.39, 0.29) is 18.2 Å². The van der Waals surface area contributed by atoms with Crippen LogP contribution in [0.15, 0.2) is 36.4 Å². The Morgan fingerprint density at radius 3 is 2.64 bits per heavy atom. The van der Waals surface area contributed by atoms with Crippen LogP contribution in [0.3, 0.4) is 0 Å². The number of carbonyl (C=O) groups is 1. The lowest BCUT2D eigenvalue weighted by Gasteiger charge is -2.05. The highest BCUT2D eigenvalue weighted by Crippen LogP contribution is 2.29. The predicted molar refractivity (Wildman–Crippen MR) is 96.3 cm³/mol. The van der Waals surface area contributed by atoms with Gasteiger partial charge in [-0.15, -0.1) is 0 Å². The molecule has 1 amide bonds. The predicted octanol–water partition coefficient (Wildman–Crippen LogP) is 3.84. The van der Waals surface area contributed by atoms with Gasteiger partial charge >= 0.3 is 0 Å². The van der Waals surface area contributed by atoms with E-state index in [2.05, 4.69) is 10.3 Å². The van der Waals surface area contributed by atoms with Crippen LogP contribution in [-0.4, -0.2) is 22.4 Å². The zero-order valence-electron chi connectivity index (χ0n) is 13.6. The number of amides is 1. The normalized spacial score (nSPS) is 10.6. The number of thiazole rings is 1. The lowest BCUT2D eigenvalue weighted by Crippen LogP contribution is -2.20. The lowest BCUT2D eigenvalue weighted by atomic mass is 10.1. The molecule has 1 heterocycles. The number of fused-ring (bicyclic) bond motifs is 1. The Bertz CT molecular complexity index is 950. The Balaban J connectivity index is 1.62. The molecule has 0 fully saturated rings. The second kappa shape index (κ2) is 6.86. The number of benzene rings is 2. The Morgan fingerprint density at radius 1 is 1.24 bits per heavy atom. The number of non-ortho nitro benzene ring substituents is 1. The molecule has 0 aliphatic heterocycles. The van der Waals surface area contributed by atoms with Gasteiger partial charge in [0.2, 0.25) is 0 Å². The van der Waals surface area contributed by atoms with Gasteiger partial charge < -0.3 is 4.74 Å². The van der Waals surface area contributed by atoms with Crippen LogP contribution in [0.5, 0.6) is 5.75 Å². The van der Waals surface area contributed by atoms with Crippen molar-refractivity contribution in [1.82, 2.24) is 4.98 Å². The van der Waals surface area contributed by atoms with Crippen LogP contribution in [0.2, 0.25) is 0 Å². The average molecular weight is 357 g/mol. The molecule has 0 aliphatic rings. The summed E-state index contributed by atoms with van der Waals surface area (Å²) in [6.45, 7) is 3.82. The molecule has 128 valence electrons. The van der Waals surface area contributed by atoms with Gasteiger partial charge in [-0.1, -0.05) is 17.4 Å². The summed E-state index contributed by atoms with van der Waals surface area (Å²) in [6.07, 6.45) is 0. The van der Waals surface area contributed by atoms with E-state index in [9.17, 15) is 14.9 Å². The highest BCUT2D eigenvalue weighted by molar-refractivity contribution is 7.22. The number of carbonyl (C=O) groups excluding carboxylic acids is 1. The summed E-state index contributed by atoms with van der Waals surface area (Å²) >= 11 is 1.40. The first-order chi connectivity index (χ1) is 11.9. The first-order valence-corrected chi connectivity index (χ1v) is 8.29. The fraction of sp³-hybridized carbons (Fsp3) is 0.176. The first kappa shape index (κ1) is 16.8. The second-order valence-corrected chi connectivity index (χ2v) is 6.49. The number of rotatable bonds is 5. The van der Waals surface area contributed by atoms with Crippen LogP contribution in [0.1, 0.15) is 11.1 Å². The first-order valence-electron chi connectivity index (χ1n) is 7.48. The van der Waals surface area contributed by atoms with Gasteiger partial charge in [0.1, 0.15) is 5.75 Å². The van der Waals surface area contributed by atoms with E-state index in [1.165, 1.54) is 35.6 Å². The molecule has 3 rings (SSSR count). The average Bonchev–Trinajstić information content (AvgIpc) is 3.00. The summed E-state index contributed by atoms with van der Waals surface area (Å²) in [4.78, 5) is 26.6. The van der Waals surface area contributed by atoms with Crippen LogP contribution in [0.4, 0.5) is 10.8 Å². The number of hydrogen-bond donors (Lipinski definition) is 1. The molecule has 1 N–H and O–H groups in total. The molecular weight excluding hydrogens is 342 g/mol. The molecule has 8 heteroatoms. The molecule has 0 spiro atoms. The summed E-state index contributed by atoms with van der Waals surface area (Å²) < 4.78 is 6.34. The summed E-state index contributed by atoms with van der Waals surface area (Å²) in [6, 6.07) is 9.57. The van der Waals surface area contributed by atoms with E-state index in [1.54, 1.807) is 0 Å². The maximum atomic E-state index is 12.0. The van der Waals surface area contributed by atoms with Crippen LogP contribution in [0, 0.1) is 24.0 Å². The van der Waals surface area contributed by atoms with Crippen molar-refractivity contribution in [1.29, 1.82) is 0 Å². The number of nitrogens with zero attached hydrogens (tertiary/aromatic N) is 2. The smallest absolute Gasteiger partial charge is 0.269 e. The number of ether oxygens (including phenoxy) is 1. The third-order valence-electron chi connectivity index (χ3n) is 3.75. The standard InChI is InChI=1S/C17H15N3O4S/c1-10-3-8-14-16(11(10)2)19-17(25-14)18-15(21)9-24-13-6-4-12(5-7-13)20(22)23/h3-8H,9H2,1-2H3,(H,18,19,21). The molecule has 0 radical (unpaired) electrons. The third-order valence-corrected chi connectivity index (χ3v) is 4.68. The lowest BCUT2D eigenvalue weighted by molar-refractivity contribution is -0.384. The van der Waals surface area contributed by atoms with Crippen molar-refractivity contribution in [3.63, 3.8) is 0 Å². The van der Waals surface area contributed by atoms with Gasteiger partial charge in [-0.05, 0) is 43.2 Å². The van der Waals surface area contributed by atoms with Gasteiger partial charge in [0.15, 0.2) is 11.7 Å². The van der Waals surface area contributed by atoms with Gasteiger partial charge in [-0.25, -0.2) is 4.98 Å². The van der Waals surface area contributed by atoms with Crippen molar-refractivity contribution in [3.8, 4) is 5.75 Å². The molecule has 0 bridgehead atoms. The molecule has 25 heavy (non-hydrogen) atoms. The minimum absolute atomic E-state index is 0.0306. The van der Waals surface area contributed by atoms with E-state index in [0.29, 0.717) is 10.9 Å². The van der Waals surface area contributed by atoms with Crippen molar-refractivity contribution in [3.05, 3.63) is 57.6 Å². The SMILES string of the molecule is Cc1ccc2sc(NC(=O)COc3ccc([N+](=O)[O-])cc3)nc2c1C. The zero-order valence-corrected chi connectivity index (χ0v) is 14.4. The number of nitro benzene ring substituents is 1. The molecule has 0 saturated heterocycles. The van der Waals surface area contributed by atoms with Crippen LogP contribution >= 0.6 is 11.3 Å². The summed E-state index contributed by atoms with van der Waals surface area (Å²) in [5.41, 5.74) is 3.10. The quantitative estimate of drug-likeness (QED) is 0.553. The molecule has 0 unspecified atom stereocenters. The van der Waals surface area contributed by atoms with Gasteiger partial charge in [0, 0.05) is 12.1 Å². The Hall–Kier alpha value is -3.00. The van der Waals surface area contributed by atoms with E-state index in [0.717, 1.165) is 21.3 Å². The van der Waals surface area contributed by atoms with Gasteiger partial charge in [0.25, 0.3) is 11.6 Å². The minimum atomic E-state index is -0.493. The van der Waals surface area contributed by atoms with Crippen LogP contribution in [0.25, 0.3) is 10.2 Å². The molecule has 0 atom stereocenters. The number of hydrogen-bond acceptors (Lipinski definition) is 6. The Morgan fingerprint density at radius 2 is 1.96 bits per heavy atom. The number of nitrogens with one attached hydrogen (secondary N) is 1. The molecule has 0 aliphatic carbocycles. The number of anilines is 1. The maximum absolute atomic E-state index is 12.0. The number of aromatic nitrogens is 1. The van der Waals surface area contributed by atoms with Crippen molar-refractivity contribution in [2.75, 3.05) is 11.9 Å². The number of nitro groups is 1. The zero-order chi connectivity index (χ0) is 18.0. The van der Waals surface area contributed by atoms with Crippen LogP contribution in [-0.2, 0) is 4.79 Å². The third kappa shape index (κ3) is 3.74. The minimum Gasteiger partial charge on any atom is -0.484 e. The number of aryl methyl sites for hydroxylation is 2. The monoisotopic (exact) mass is 357 g/mol. The summed E-state index contributed by atoms with van der Waals surface area (Å²) in [5, 5.41) is 13.8. The van der Waals surface area contributed by atoms with E-state index in [4.69, 9.17) is 4.74 Å². The topological polar surface area (TPSA) is 94.4 Å². The highest BCUT2D eigenvalue weighted by atomic mass is 32.1. The molecular formula is C17H15N3O4S. The van der Waals surface area contributed by atoms with Gasteiger partial charge in [-0.2, -0.15) is 0 Å². The largest absolute Gasteiger partial charge is 0.484 e. The van der Waals surface area contributed by atoms with Crippen LogP contribution < -0.4 is 10.1 Å². The van der Waals surface area contributed by atoms with Crippen molar-refractivity contribution in [2.45, 2.75) is 13.8 Å². The molecule has 0 saturated carbocycles. The van der Waals surface area contributed by atoms with Gasteiger partial charge in [0.05, 0.1) is 15.1 Å². The van der Waals surface area contributed by atoms with E-state index in [1.807, 2.05) is 26.0 Å². The highest BCUT2D eigenvalue weighted by Gasteiger charge is 2.11. The fourth-order valence-electron chi connectivity index (χ4n) is 2.25. The van der Waals surface area contributed by atoms with Crippen molar-refractivity contribution < 1.29 is 14.5 Å². The molecule has 3 aromatic rings. The summed E-state index contributed by atoms with van der Waals surface area (Å²) in [7, 11) is 0. The Kier molecular flexibility index (Phi) is 4.62. The van der Waals surface area contributed by atoms with Crippen molar-refractivity contribution >= 4 is 38.3 Å². The Labute approximate surface area is 147 Å². The maximum Gasteiger partial charge on any atom is 0.269 e. The molecule has 2 aromatic carbocycles. The summed E-state index contributed by atoms with van der Waals surface area (Å²) in [5.74, 6) is 0.0447. The molecule has 1 aromatic heterocycles. The molecule has 7 nitrogen and oxygen atoms in total. The second-order valence-electron chi connectivity index (χ2n) is 5.46.